The molecule has 4 aromatic rings. The molecule has 1 aliphatic heterocycles. The van der Waals surface area contributed by atoms with Gasteiger partial charge < -0.3 is 14.7 Å². The smallest absolute Gasteiger partial charge is 0.261 e. The summed E-state index contributed by atoms with van der Waals surface area (Å²) in [6, 6.07) is 22.1. The van der Waals surface area contributed by atoms with Gasteiger partial charge >= 0.3 is 0 Å². The molecule has 0 aliphatic carbocycles. The second-order valence-electron chi connectivity index (χ2n) is 8.96. The second kappa shape index (κ2) is 10.5. The number of anilines is 1. The third-order valence-electron chi connectivity index (χ3n) is 6.44. The predicted octanol–water partition coefficient (Wildman–Crippen LogP) is 4.68. The van der Waals surface area contributed by atoms with Crippen LogP contribution >= 0.6 is 0 Å². The van der Waals surface area contributed by atoms with Crippen LogP contribution in [0.1, 0.15) is 24.0 Å². The van der Waals surface area contributed by atoms with Crippen LogP contribution in [0.4, 0.5) is 5.82 Å². The largest absolute Gasteiger partial charge is 0.356 e. The van der Waals surface area contributed by atoms with Crippen LogP contribution in [0.3, 0.4) is 0 Å². The van der Waals surface area contributed by atoms with Crippen LogP contribution in [0.25, 0.3) is 22.8 Å². The van der Waals surface area contributed by atoms with Crippen molar-refractivity contribution in [2.75, 3.05) is 24.5 Å². The van der Waals surface area contributed by atoms with Gasteiger partial charge in [0.1, 0.15) is 5.82 Å². The van der Waals surface area contributed by atoms with Crippen LogP contribution in [0.2, 0.25) is 0 Å². The van der Waals surface area contributed by atoms with Gasteiger partial charge in [-0.05, 0) is 49.9 Å². The Bertz CT molecular complexity index is 1280. The molecule has 0 radical (unpaired) electrons. The van der Waals surface area contributed by atoms with Gasteiger partial charge in [-0.15, -0.1) is 0 Å². The SMILES string of the molecule is Cc1cccc(-c2noc(-c3cccnc3N3CCC(C(=O)NCCc4ccccc4)CC3)n2)c1. The van der Waals surface area contributed by atoms with E-state index in [9.17, 15) is 4.79 Å². The molecule has 0 bridgehead atoms. The number of aryl methyl sites for hydroxylation is 1. The summed E-state index contributed by atoms with van der Waals surface area (Å²) in [6.45, 7) is 4.20. The number of aromatic nitrogens is 3. The van der Waals surface area contributed by atoms with Gasteiger partial charge in [0.05, 0.1) is 5.56 Å². The molecular formula is C28H29N5O2. The monoisotopic (exact) mass is 467 g/mol. The zero-order valence-electron chi connectivity index (χ0n) is 19.9. The van der Waals surface area contributed by atoms with E-state index in [-0.39, 0.29) is 11.8 Å². The van der Waals surface area contributed by atoms with Crippen LogP contribution in [-0.4, -0.2) is 40.7 Å². The average molecular weight is 468 g/mol. The number of hydrogen-bond donors (Lipinski definition) is 1. The van der Waals surface area contributed by atoms with Crippen molar-refractivity contribution >= 4 is 11.7 Å². The van der Waals surface area contributed by atoms with Gasteiger partial charge in [0.2, 0.25) is 11.7 Å². The number of rotatable bonds is 7. The summed E-state index contributed by atoms with van der Waals surface area (Å²) in [7, 11) is 0. The number of nitrogens with zero attached hydrogens (tertiary/aromatic N) is 4. The molecule has 0 spiro atoms. The summed E-state index contributed by atoms with van der Waals surface area (Å²) >= 11 is 0. The van der Waals surface area contributed by atoms with Gasteiger partial charge in [0, 0.05) is 37.3 Å². The summed E-state index contributed by atoms with van der Waals surface area (Å²) in [4.78, 5) is 24.2. The van der Waals surface area contributed by atoms with E-state index in [1.54, 1.807) is 6.20 Å². The first-order valence-corrected chi connectivity index (χ1v) is 12.1. The third-order valence-corrected chi connectivity index (χ3v) is 6.44. The van der Waals surface area contributed by atoms with E-state index in [1.807, 2.05) is 61.5 Å². The summed E-state index contributed by atoms with van der Waals surface area (Å²) in [5, 5.41) is 7.30. The molecule has 2 aromatic heterocycles. The van der Waals surface area contributed by atoms with Crippen molar-refractivity contribution in [2.24, 2.45) is 5.92 Å². The fourth-order valence-electron chi connectivity index (χ4n) is 4.52. The number of carbonyl (C=O) groups is 1. The van der Waals surface area contributed by atoms with Gasteiger partial charge in [0.25, 0.3) is 5.89 Å². The quantitative estimate of drug-likeness (QED) is 0.425. The maximum absolute atomic E-state index is 12.7. The van der Waals surface area contributed by atoms with Crippen molar-refractivity contribution in [3.8, 4) is 22.8 Å². The molecule has 0 saturated carbocycles. The standard InChI is InChI=1S/C28H29N5O2/c1-20-7-5-10-23(19-20)25-31-28(35-32-25)24-11-6-15-29-26(24)33-17-13-22(14-18-33)27(34)30-16-12-21-8-3-2-4-9-21/h2-11,15,19,22H,12-14,16-18H2,1H3,(H,30,34). The molecule has 1 N–H and O–H groups in total. The molecule has 35 heavy (non-hydrogen) atoms. The molecule has 1 saturated heterocycles. The first-order valence-electron chi connectivity index (χ1n) is 12.1. The Labute approximate surface area is 205 Å². The molecule has 1 fully saturated rings. The molecule has 0 unspecified atom stereocenters. The molecule has 7 heteroatoms. The highest BCUT2D eigenvalue weighted by molar-refractivity contribution is 5.79. The van der Waals surface area contributed by atoms with E-state index in [0.717, 1.165) is 54.9 Å². The zero-order chi connectivity index (χ0) is 24.0. The zero-order valence-corrected chi connectivity index (χ0v) is 19.9. The predicted molar refractivity (Wildman–Crippen MR) is 136 cm³/mol. The van der Waals surface area contributed by atoms with Crippen molar-refractivity contribution in [3.63, 3.8) is 0 Å². The van der Waals surface area contributed by atoms with E-state index in [0.29, 0.717) is 18.3 Å². The lowest BCUT2D eigenvalue weighted by Gasteiger charge is -2.32. The minimum Gasteiger partial charge on any atom is -0.356 e. The van der Waals surface area contributed by atoms with Gasteiger partial charge in [0.15, 0.2) is 0 Å². The summed E-state index contributed by atoms with van der Waals surface area (Å²) in [5.74, 6) is 1.98. The highest BCUT2D eigenvalue weighted by Crippen LogP contribution is 2.32. The van der Waals surface area contributed by atoms with Crippen molar-refractivity contribution in [3.05, 3.63) is 84.1 Å². The maximum Gasteiger partial charge on any atom is 0.261 e. The maximum atomic E-state index is 12.7. The average Bonchev–Trinajstić information content (AvgIpc) is 3.40. The number of pyridine rings is 1. The van der Waals surface area contributed by atoms with Crippen molar-refractivity contribution in [2.45, 2.75) is 26.2 Å². The molecule has 1 aliphatic rings. The Kier molecular flexibility index (Phi) is 6.84. The molecular weight excluding hydrogens is 438 g/mol. The summed E-state index contributed by atoms with van der Waals surface area (Å²) in [6.07, 6.45) is 4.19. The number of benzene rings is 2. The van der Waals surface area contributed by atoms with Crippen LogP contribution in [-0.2, 0) is 11.2 Å². The summed E-state index contributed by atoms with van der Waals surface area (Å²) in [5.41, 5.74) is 4.11. The lowest BCUT2D eigenvalue weighted by molar-refractivity contribution is -0.125. The molecule has 2 aromatic carbocycles. The van der Waals surface area contributed by atoms with Crippen molar-refractivity contribution < 1.29 is 9.32 Å². The topological polar surface area (TPSA) is 84.2 Å². The van der Waals surface area contributed by atoms with Crippen LogP contribution in [0, 0.1) is 12.8 Å². The Morgan fingerprint density at radius 1 is 1.06 bits per heavy atom. The van der Waals surface area contributed by atoms with E-state index < -0.39 is 0 Å². The Hall–Kier alpha value is -4.00. The van der Waals surface area contributed by atoms with Crippen molar-refractivity contribution in [1.82, 2.24) is 20.4 Å². The third kappa shape index (κ3) is 5.40. The van der Waals surface area contributed by atoms with E-state index in [2.05, 4.69) is 37.5 Å². The highest BCUT2D eigenvalue weighted by atomic mass is 16.5. The number of hydrogen-bond acceptors (Lipinski definition) is 6. The lowest BCUT2D eigenvalue weighted by Crippen LogP contribution is -2.41. The Balaban J connectivity index is 1.21. The first-order chi connectivity index (χ1) is 17.2. The van der Waals surface area contributed by atoms with Crippen LogP contribution < -0.4 is 10.2 Å². The molecule has 178 valence electrons. The van der Waals surface area contributed by atoms with E-state index in [4.69, 9.17) is 4.52 Å². The molecule has 1 amide bonds. The van der Waals surface area contributed by atoms with Gasteiger partial charge in [-0.3, -0.25) is 4.79 Å². The lowest BCUT2D eigenvalue weighted by atomic mass is 9.95. The fraction of sp³-hybridized carbons (Fsp3) is 0.286. The Morgan fingerprint density at radius 2 is 1.89 bits per heavy atom. The molecule has 0 atom stereocenters. The normalized spacial score (nSPS) is 14.1. The first kappa shape index (κ1) is 22.8. The minimum atomic E-state index is 0.0190. The van der Waals surface area contributed by atoms with Crippen LogP contribution in [0.5, 0.6) is 0 Å². The molecule has 5 rings (SSSR count). The number of amides is 1. The van der Waals surface area contributed by atoms with E-state index >= 15 is 0 Å². The molecule has 7 nitrogen and oxygen atoms in total. The summed E-state index contributed by atoms with van der Waals surface area (Å²) < 4.78 is 5.62. The van der Waals surface area contributed by atoms with Gasteiger partial charge in [-0.2, -0.15) is 4.98 Å². The van der Waals surface area contributed by atoms with Gasteiger partial charge in [-0.1, -0.05) is 59.3 Å². The number of carbonyl (C=O) groups excluding carboxylic acids is 1. The number of nitrogens with one attached hydrogen (secondary N) is 1. The Morgan fingerprint density at radius 3 is 2.69 bits per heavy atom. The number of piperidine rings is 1. The fourth-order valence-corrected chi connectivity index (χ4v) is 4.52. The van der Waals surface area contributed by atoms with E-state index in [1.165, 1.54) is 5.56 Å². The second-order valence-corrected chi connectivity index (χ2v) is 8.96. The van der Waals surface area contributed by atoms with Crippen molar-refractivity contribution in [1.29, 1.82) is 0 Å². The molecule has 3 heterocycles. The van der Waals surface area contributed by atoms with Crippen LogP contribution in [0.15, 0.2) is 77.4 Å². The van der Waals surface area contributed by atoms with Gasteiger partial charge in [-0.25, -0.2) is 4.98 Å². The highest BCUT2D eigenvalue weighted by Gasteiger charge is 2.27. The minimum absolute atomic E-state index is 0.0190.